The first-order valence-corrected chi connectivity index (χ1v) is 6.82. The Morgan fingerprint density at radius 1 is 1.33 bits per heavy atom. The quantitative estimate of drug-likeness (QED) is 0.906. The molecule has 0 unspecified atom stereocenters. The van der Waals surface area contributed by atoms with Crippen LogP contribution in [0, 0.1) is 13.8 Å². The van der Waals surface area contributed by atoms with Crippen molar-refractivity contribution in [2.75, 3.05) is 4.72 Å². The maximum atomic E-state index is 12.1. The highest BCUT2D eigenvalue weighted by molar-refractivity contribution is 7.92. The van der Waals surface area contributed by atoms with Gasteiger partial charge in [0.15, 0.2) is 5.03 Å². The summed E-state index contributed by atoms with van der Waals surface area (Å²) >= 11 is 0. The third kappa shape index (κ3) is 2.51. The van der Waals surface area contributed by atoms with Crippen molar-refractivity contribution in [2.24, 2.45) is 7.05 Å². The molecule has 0 aliphatic carbocycles. The van der Waals surface area contributed by atoms with Crippen molar-refractivity contribution >= 4 is 15.8 Å². The highest BCUT2D eigenvalue weighted by atomic mass is 32.2. The van der Waals surface area contributed by atoms with E-state index in [2.05, 4.69) is 14.7 Å². The summed E-state index contributed by atoms with van der Waals surface area (Å²) in [5, 5.41) is -0.00851. The van der Waals surface area contributed by atoms with E-state index >= 15 is 0 Å². The van der Waals surface area contributed by atoms with E-state index in [1.54, 1.807) is 36.9 Å². The fourth-order valence-corrected chi connectivity index (χ4v) is 2.48. The normalized spacial score (nSPS) is 11.5. The van der Waals surface area contributed by atoms with Crippen LogP contribution in [0.1, 0.15) is 11.4 Å². The summed E-state index contributed by atoms with van der Waals surface area (Å²) in [7, 11) is -1.93. The van der Waals surface area contributed by atoms with E-state index < -0.39 is 10.0 Å². The molecular formula is C11H14N4O2S. The van der Waals surface area contributed by atoms with E-state index in [1.807, 2.05) is 6.92 Å². The molecule has 2 heterocycles. The maximum Gasteiger partial charge on any atom is 0.282 e. The van der Waals surface area contributed by atoms with Gasteiger partial charge in [0.25, 0.3) is 10.0 Å². The molecule has 2 aromatic heterocycles. The molecule has 1 N–H and O–H groups in total. The average molecular weight is 266 g/mol. The third-order valence-corrected chi connectivity index (χ3v) is 3.74. The summed E-state index contributed by atoms with van der Waals surface area (Å²) in [6, 6.07) is 3.45. The van der Waals surface area contributed by atoms with Gasteiger partial charge in [-0.15, -0.1) is 0 Å². The van der Waals surface area contributed by atoms with Crippen LogP contribution in [0.5, 0.6) is 0 Å². The summed E-state index contributed by atoms with van der Waals surface area (Å²) in [5.41, 5.74) is 0.930. The second-order valence-corrected chi connectivity index (χ2v) is 5.69. The van der Waals surface area contributed by atoms with Gasteiger partial charge in [0.2, 0.25) is 0 Å². The number of imidazole rings is 1. The lowest BCUT2D eigenvalue weighted by atomic mass is 10.3. The van der Waals surface area contributed by atoms with E-state index in [4.69, 9.17) is 0 Å². The van der Waals surface area contributed by atoms with Gasteiger partial charge in [0.1, 0.15) is 11.6 Å². The Balaban J connectivity index is 2.33. The molecule has 0 fully saturated rings. The van der Waals surface area contributed by atoms with E-state index in [-0.39, 0.29) is 5.03 Å². The monoisotopic (exact) mass is 266 g/mol. The van der Waals surface area contributed by atoms with Crippen LogP contribution < -0.4 is 4.72 Å². The number of sulfonamides is 1. The lowest BCUT2D eigenvalue weighted by Gasteiger charge is -2.04. The molecule has 2 rings (SSSR count). The number of nitrogens with zero attached hydrogens (tertiary/aromatic N) is 3. The number of nitrogens with one attached hydrogen (secondary N) is 1. The molecule has 0 aliphatic rings. The summed E-state index contributed by atoms with van der Waals surface area (Å²) in [4.78, 5) is 7.94. The fourth-order valence-electron chi connectivity index (χ4n) is 1.44. The second kappa shape index (κ2) is 4.41. The van der Waals surface area contributed by atoms with Gasteiger partial charge in [-0.3, -0.25) is 4.72 Å². The fraction of sp³-hybridized carbons (Fsp3) is 0.273. The number of anilines is 1. The summed E-state index contributed by atoms with van der Waals surface area (Å²) in [6.45, 7) is 3.61. The Bertz CT molecular complexity index is 657. The number of pyridine rings is 1. The summed E-state index contributed by atoms with van der Waals surface area (Å²) < 4.78 is 28.2. The molecule has 0 aromatic carbocycles. The molecule has 0 saturated carbocycles. The van der Waals surface area contributed by atoms with Gasteiger partial charge in [0, 0.05) is 19.4 Å². The highest BCUT2D eigenvalue weighted by Gasteiger charge is 2.18. The Labute approximate surface area is 106 Å². The number of rotatable bonds is 3. The van der Waals surface area contributed by atoms with Crippen molar-refractivity contribution < 1.29 is 8.42 Å². The van der Waals surface area contributed by atoms with Crippen molar-refractivity contribution in [3.8, 4) is 0 Å². The predicted molar refractivity (Wildman–Crippen MR) is 67.7 cm³/mol. The van der Waals surface area contributed by atoms with Crippen LogP contribution in [-0.2, 0) is 17.1 Å². The third-order valence-electron chi connectivity index (χ3n) is 2.52. The number of hydrogen-bond acceptors (Lipinski definition) is 4. The molecule has 0 amide bonds. The van der Waals surface area contributed by atoms with Crippen LogP contribution in [-0.4, -0.2) is 23.0 Å². The predicted octanol–water partition coefficient (Wildman–Crippen LogP) is 1.23. The number of aryl methyl sites for hydroxylation is 3. The minimum atomic E-state index is -3.68. The number of aromatic nitrogens is 3. The first kappa shape index (κ1) is 12.6. The van der Waals surface area contributed by atoms with Crippen LogP contribution >= 0.6 is 0 Å². The molecule has 0 saturated heterocycles. The van der Waals surface area contributed by atoms with Gasteiger partial charge in [-0.1, -0.05) is 0 Å². The van der Waals surface area contributed by atoms with Crippen LogP contribution in [0.25, 0.3) is 0 Å². The van der Waals surface area contributed by atoms with Gasteiger partial charge in [-0.25, -0.2) is 9.97 Å². The SMILES string of the molecule is Cc1ccnc(NS(=O)(=O)c2cn(C)c(C)n2)c1. The van der Waals surface area contributed by atoms with Gasteiger partial charge >= 0.3 is 0 Å². The average Bonchev–Trinajstić information content (AvgIpc) is 2.59. The van der Waals surface area contributed by atoms with Gasteiger partial charge in [0.05, 0.1) is 0 Å². The van der Waals surface area contributed by atoms with Crippen LogP contribution in [0.4, 0.5) is 5.82 Å². The molecule has 2 aromatic rings. The molecule has 6 nitrogen and oxygen atoms in total. The van der Waals surface area contributed by atoms with Gasteiger partial charge < -0.3 is 4.57 Å². The standard InChI is InChI=1S/C11H14N4O2S/c1-8-4-5-12-10(6-8)14-18(16,17)11-7-15(3)9(2)13-11/h4-7H,1-3H3,(H,12,14). The molecule has 0 atom stereocenters. The zero-order valence-electron chi connectivity index (χ0n) is 10.4. The lowest BCUT2D eigenvalue weighted by molar-refractivity contribution is 0.598. The molecule has 0 bridgehead atoms. The summed E-state index contributed by atoms with van der Waals surface area (Å²) in [6.07, 6.45) is 3.02. The maximum absolute atomic E-state index is 12.1. The summed E-state index contributed by atoms with van der Waals surface area (Å²) in [5.74, 6) is 0.922. The van der Waals surface area contributed by atoms with Crippen molar-refractivity contribution in [1.82, 2.24) is 14.5 Å². The number of hydrogen-bond donors (Lipinski definition) is 1. The van der Waals surface area contributed by atoms with Crippen molar-refractivity contribution in [3.63, 3.8) is 0 Å². The minimum Gasteiger partial charge on any atom is -0.337 e. The Kier molecular flexibility index (Phi) is 3.08. The first-order chi connectivity index (χ1) is 8.38. The molecule has 0 aliphatic heterocycles. The first-order valence-electron chi connectivity index (χ1n) is 5.34. The smallest absolute Gasteiger partial charge is 0.282 e. The zero-order valence-corrected chi connectivity index (χ0v) is 11.2. The van der Waals surface area contributed by atoms with E-state index in [9.17, 15) is 8.42 Å². The lowest BCUT2D eigenvalue weighted by Crippen LogP contribution is -2.14. The molecule has 96 valence electrons. The molecule has 0 spiro atoms. The molecule has 18 heavy (non-hydrogen) atoms. The van der Waals surface area contributed by atoms with Crippen LogP contribution in [0.2, 0.25) is 0 Å². The van der Waals surface area contributed by atoms with E-state index in [1.165, 1.54) is 6.20 Å². The van der Waals surface area contributed by atoms with Crippen LogP contribution in [0.15, 0.2) is 29.6 Å². The minimum absolute atomic E-state index is 0.00851. The van der Waals surface area contributed by atoms with Gasteiger partial charge in [-0.05, 0) is 31.5 Å². The molecular weight excluding hydrogens is 252 g/mol. The Morgan fingerprint density at radius 2 is 2.06 bits per heavy atom. The Morgan fingerprint density at radius 3 is 2.61 bits per heavy atom. The molecule has 7 heteroatoms. The topological polar surface area (TPSA) is 76.9 Å². The highest BCUT2D eigenvalue weighted by Crippen LogP contribution is 2.14. The molecule has 0 radical (unpaired) electrons. The second-order valence-electron chi connectivity index (χ2n) is 4.06. The van der Waals surface area contributed by atoms with Crippen LogP contribution in [0.3, 0.4) is 0 Å². The van der Waals surface area contributed by atoms with E-state index in [0.717, 1.165) is 5.56 Å². The largest absolute Gasteiger partial charge is 0.337 e. The van der Waals surface area contributed by atoms with Crippen molar-refractivity contribution in [2.45, 2.75) is 18.9 Å². The van der Waals surface area contributed by atoms with Gasteiger partial charge in [-0.2, -0.15) is 8.42 Å². The van der Waals surface area contributed by atoms with Crippen molar-refractivity contribution in [1.29, 1.82) is 0 Å². The van der Waals surface area contributed by atoms with E-state index in [0.29, 0.717) is 11.6 Å². The zero-order chi connectivity index (χ0) is 13.3. The Hall–Kier alpha value is -1.89. The van der Waals surface area contributed by atoms with Crippen molar-refractivity contribution in [3.05, 3.63) is 35.9 Å².